The minimum absolute atomic E-state index is 0.0372. The van der Waals surface area contributed by atoms with Gasteiger partial charge in [-0.05, 0) is 19.8 Å². The third-order valence-corrected chi connectivity index (χ3v) is 2.40. The molecule has 1 unspecified atom stereocenters. The monoisotopic (exact) mass is 294 g/mol. The van der Waals surface area contributed by atoms with Crippen molar-refractivity contribution in [3.05, 3.63) is 12.3 Å². The van der Waals surface area contributed by atoms with E-state index < -0.39 is 18.8 Å². The quantitative estimate of drug-likeness (QED) is 0.747. The number of urea groups is 1. The normalized spacial score (nSPS) is 13.1. The molecule has 0 aliphatic rings. The molecule has 0 radical (unpaired) electrons. The van der Waals surface area contributed by atoms with Crippen LogP contribution in [0.3, 0.4) is 0 Å². The molecule has 0 bridgehead atoms. The summed E-state index contributed by atoms with van der Waals surface area (Å²) in [7, 11) is 0. The summed E-state index contributed by atoms with van der Waals surface area (Å²) in [5, 5.41) is 17.2. The van der Waals surface area contributed by atoms with Gasteiger partial charge in [-0.15, -0.1) is 0 Å². The third kappa shape index (κ3) is 6.41. The van der Waals surface area contributed by atoms with Crippen LogP contribution in [0.2, 0.25) is 0 Å². The zero-order valence-corrected chi connectivity index (χ0v) is 10.9. The van der Waals surface area contributed by atoms with Crippen LogP contribution in [0.4, 0.5) is 23.8 Å². The van der Waals surface area contributed by atoms with Crippen molar-refractivity contribution in [3.8, 4) is 0 Å². The summed E-state index contributed by atoms with van der Waals surface area (Å²) in [6.45, 7) is 0.593. The van der Waals surface area contributed by atoms with E-state index in [1.54, 1.807) is 6.92 Å². The van der Waals surface area contributed by atoms with E-state index in [4.69, 9.17) is 5.11 Å². The second kappa shape index (κ2) is 7.13. The van der Waals surface area contributed by atoms with Gasteiger partial charge in [-0.3, -0.25) is 10.00 Å². The van der Waals surface area contributed by atoms with E-state index in [0.717, 1.165) is 6.20 Å². The first-order valence-corrected chi connectivity index (χ1v) is 6.09. The molecule has 0 saturated carbocycles. The molecule has 9 heteroatoms. The Bertz CT molecular complexity index is 434. The summed E-state index contributed by atoms with van der Waals surface area (Å²) in [4.78, 5) is 11.5. The number of aliphatic hydroxyl groups is 1. The summed E-state index contributed by atoms with van der Waals surface area (Å²) in [6.07, 6.45) is -2.06. The lowest BCUT2D eigenvalue weighted by Crippen LogP contribution is -2.36. The Morgan fingerprint density at radius 1 is 1.55 bits per heavy atom. The van der Waals surface area contributed by atoms with Crippen LogP contribution < -0.4 is 10.6 Å². The molecule has 0 spiro atoms. The van der Waals surface area contributed by atoms with Gasteiger partial charge >= 0.3 is 12.2 Å². The van der Waals surface area contributed by atoms with Crippen molar-refractivity contribution in [2.75, 3.05) is 11.9 Å². The van der Waals surface area contributed by atoms with E-state index in [0.29, 0.717) is 17.5 Å². The first-order valence-electron chi connectivity index (χ1n) is 6.09. The number of aliphatic hydroxyl groups excluding tert-OH is 1. The van der Waals surface area contributed by atoms with E-state index in [9.17, 15) is 18.0 Å². The van der Waals surface area contributed by atoms with Crippen LogP contribution >= 0.6 is 0 Å². The lowest BCUT2D eigenvalue weighted by molar-refractivity contribution is -0.142. The molecular weight excluding hydrogens is 277 g/mol. The number of hydrogen-bond acceptors (Lipinski definition) is 3. The van der Waals surface area contributed by atoms with Crippen LogP contribution in [0.15, 0.2) is 12.3 Å². The molecule has 0 aromatic carbocycles. The fourth-order valence-corrected chi connectivity index (χ4v) is 1.55. The van der Waals surface area contributed by atoms with E-state index in [1.165, 1.54) is 6.07 Å². The summed E-state index contributed by atoms with van der Waals surface area (Å²) < 4.78 is 37.1. The number of nitrogens with one attached hydrogen (secondary N) is 2. The molecule has 20 heavy (non-hydrogen) atoms. The maximum Gasteiger partial charge on any atom is 0.408 e. The van der Waals surface area contributed by atoms with Gasteiger partial charge in [0.15, 0.2) is 5.82 Å². The van der Waals surface area contributed by atoms with E-state index >= 15 is 0 Å². The van der Waals surface area contributed by atoms with E-state index in [-0.39, 0.29) is 18.5 Å². The highest BCUT2D eigenvalue weighted by molar-refractivity contribution is 5.88. The van der Waals surface area contributed by atoms with Crippen molar-refractivity contribution in [1.29, 1.82) is 0 Å². The number of nitrogens with zero attached hydrogens (tertiary/aromatic N) is 2. The van der Waals surface area contributed by atoms with Gasteiger partial charge in [-0.2, -0.15) is 18.3 Å². The number of alkyl halides is 3. The fourth-order valence-electron chi connectivity index (χ4n) is 1.55. The number of aromatic nitrogens is 2. The molecule has 1 heterocycles. The molecule has 1 aromatic rings. The first kappa shape index (κ1) is 16.3. The van der Waals surface area contributed by atoms with Gasteiger partial charge in [-0.1, -0.05) is 0 Å². The molecule has 0 fully saturated rings. The van der Waals surface area contributed by atoms with Gasteiger partial charge in [-0.25, -0.2) is 4.79 Å². The van der Waals surface area contributed by atoms with Gasteiger partial charge in [0.1, 0.15) is 6.54 Å². The largest absolute Gasteiger partial charge is 0.408 e. The summed E-state index contributed by atoms with van der Waals surface area (Å²) in [6, 6.07) is 0.580. The Hall–Kier alpha value is -1.77. The lowest BCUT2D eigenvalue weighted by Gasteiger charge is -2.13. The number of rotatable bonds is 6. The van der Waals surface area contributed by atoms with E-state index in [1.807, 2.05) is 0 Å². The van der Waals surface area contributed by atoms with Crippen LogP contribution in [0.1, 0.15) is 19.8 Å². The number of anilines is 1. The maximum atomic E-state index is 12.1. The summed E-state index contributed by atoms with van der Waals surface area (Å²) in [5.74, 6) is 0.0427. The van der Waals surface area contributed by atoms with Crippen molar-refractivity contribution in [3.63, 3.8) is 0 Å². The predicted octanol–water partition coefficient (Wildman–Crippen LogP) is 1.73. The Morgan fingerprint density at radius 2 is 2.25 bits per heavy atom. The van der Waals surface area contributed by atoms with Crippen LogP contribution in [-0.2, 0) is 6.54 Å². The van der Waals surface area contributed by atoms with Crippen molar-refractivity contribution in [2.45, 2.75) is 38.5 Å². The van der Waals surface area contributed by atoms with E-state index in [2.05, 4.69) is 15.7 Å². The molecule has 1 aromatic heterocycles. The minimum Gasteiger partial charge on any atom is -0.396 e. The Labute approximate surface area is 114 Å². The number of amides is 2. The van der Waals surface area contributed by atoms with Gasteiger partial charge < -0.3 is 10.4 Å². The minimum atomic E-state index is -4.36. The standard InChI is InChI=1S/C11H17F3N4O2/c1-8(3-2-6-19)15-10(20)16-9-4-5-18(17-9)7-11(12,13)14/h4-5,8,19H,2-3,6-7H2,1H3,(H2,15,16,17,20). The average Bonchev–Trinajstić information content (AvgIpc) is 2.70. The SMILES string of the molecule is CC(CCCO)NC(=O)Nc1ccn(CC(F)(F)F)n1. The predicted molar refractivity (Wildman–Crippen MR) is 66.2 cm³/mol. The number of carbonyl (C=O) groups excluding carboxylic acids is 1. The second-order valence-electron chi connectivity index (χ2n) is 4.38. The van der Waals surface area contributed by atoms with Crippen molar-refractivity contribution in [2.24, 2.45) is 0 Å². The topological polar surface area (TPSA) is 79.2 Å². The third-order valence-electron chi connectivity index (χ3n) is 2.40. The highest BCUT2D eigenvalue weighted by Crippen LogP contribution is 2.17. The Balaban J connectivity index is 2.42. The van der Waals surface area contributed by atoms with Crippen molar-refractivity contribution in [1.82, 2.24) is 15.1 Å². The van der Waals surface area contributed by atoms with Crippen LogP contribution in [-0.4, -0.2) is 39.7 Å². The highest BCUT2D eigenvalue weighted by Gasteiger charge is 2.28. The van der Waals surface area contributed by atoms with Gasteiger partial charge in [0, 0.05) is 24.9 Å². The number of halogens is 3. The highest BCUT2D eigenvalue weighted by atomic mass is 19.4. The maximum absolute atomic E-state index is 12.1. The molecule has 0 aliphatic carbocycles. The van der Waals surface area contributed by atoms with Gasteiger partial charge in [0.05, 0.1) is 0 Å². The van der Waals surface area contributed by atoms with Crippen LogP contribution in [0.5, 0.6) is 0 Å². The van der Waals surface area contributed by atoms with Crippen molar-refractivity contribution >= 4 is 11.8 Å². The Kier molecular flexibility index (Phi) is 5.81. The summed E-state index contributed by atoms with van der Waals surface area (Å²) in [5.41, 5.74) is 0. The average molecular weight is 294 g/mol. The van der Waals surface area contributed by atoms with Crippen LogP contribution in [0, 0.1) is 0 Å². The smallest absolute Gasteiger partial charge is 0.396 e. The Morgan fingerprint density at radius 3 is 2.85 bits per heavy atom. The molecule has 2 amide bonds. The van der Waals surface area contributed by atoms with Crippen LogP contribution in [0.25, 0.3) is 0 Å². The zero-order valence-electron chi connectivity index (χ0n) is 10.9. The number of carbonyl (C=O) groups is 1. The first-order chi connectivity index (χ1) is 9.30. The zero-order chi connectivity index (χ0) is 15.2. The number of hydrogen-bond donors (Lipinski definition) is 3. The molecule has 1 atom stereocenters. The van der Waals surface area contributed by atoms with Gasteiger partial charge in [0.25, 0.3) is 0 Å². The van der Waals surface area contributed by atoms with Crippen molar-refractivity contribution < 1.29 is 23.1 Å². The molecule has 0 saturated heterocycles. The fraction of sp³-hybridized carbons (Fsp3) is 0.636. The molecular formula is C11H17F3N4O2. The van der Waals surface area contributed by atoms with Gasteiger partial charge in [0.2, 0.25) is 0 Å². The second-order valence-corrected chi connectivity index (χ2v) is 4.38. The molecule has 6 nitrogen and oxygen atoms in total. The molecule has 114 valence electrons. The molecule has 0 aliphatic heterocycles. The summed E-state index contributed by atoms with van der Waals surface area (Å²) >= 11 is 0. The molecule has 1 rings (SSSR count). The molecule has 3 N–H and O–H groups in total. The lowest BCUT2D eigenvalue weighted by atomic mass is 10.2.